The summed E-state index contributed by atoms with van der Waals surface area (Å²) in [6.45, 7) is 4.56. The van der Waals surface area contributed by atoms with Gasteiger partial charge in [-0.2, -0.15) is 0 Å². The Labute approximate surface area is 105 Å². The van der Waals surface area contributed by atoms with Crippen LogP contribution in [0.25, 0.3) is 0 Å². The van der Waals surface area contributed by atoms with Crippen molar-refractivity contribution in [3.63, 3.8) is 0 Å². The summed E-state index contributed by atoms with van der Waals surface area (Å²) in [6, 6.07) is 2.74. The van der Waals surface area contributed by atoms with Crippen LogP contribution >= 0.6 is 27.3 Å². The van der Waals surface area contributed by atoms with Crippen LogP contribution in [0.4, 0.5) is 0 Å². The van der Waals surface area contributed by atoms with E-state index in [9.17, 15) is 0 Å². The summed E-state index contributed by atoms with van der Waals surface area (Å²) in [6.07, 6.45) is 3.65. The van der Waals surface area contributed by atoms with Crippen LogP contribution in [0.3, 0.4) is 0 Å². The molecule has 1 rings (SSSR count). The number of halogens is 1. The fourth-order valence-corrected chi connectivity index (χ4v) is 3.61. The number of nitrogens with one attached hydrogen (secondary N) is 1. The Bertz CT molecular complexity index is 281. The molecule has 0 fully saturated rings. The summed E-state index contributed by atoms with van der Waals surface area (Å²) < 4.78 is 1.26. The lowest BCUT2D eigenvalue weighted by molar-refractivity contribution is 0.350. The van der Waals surface area contributed by atoms with Crippen LogP contribution in [0.5, 0.6) is 0 Å². The molecule has 0 saturated carbocycles. The maximum Gasteiger partial charge on any atom is 0.0314 e. The van der Waals surface area contributed by atoms with Gasteiger partial charge in [-0.1, -0.05) is 26.7 Å². The van der Waals surface area contributed by atoms with E-state index in [0.717, 1.165) is 12.3 Å². The van der Waals surface area contributed by atoms with Crippen molar-refractivity contribution < 1.29 is 0 Å². The molecule has 1 aromatic heterocycles. The van der Waals surface area contributed by atoms with Gasteiger partial charge >= 0.3 is 0 Å². The van der Waals surface area contributed by atoms with Gasteiger partial charge < -0.3 is 5.32 Å². The first-order valence-electron chi connectivity index (χ1n) is 5.62. The monoisotopic (exact) mass is 289 g/mol. The van der Waals surface area contributed by atoms with Crippen molar-refractivity contribution in [2.24, 2.45) is 5.92 Å². The Hall–Kier alpha value is 0.140. The molecule has 1 N–H and O–H groups in total. The molecule has 1 atom stereocenters. The van der Waals surface area contributed by atoms with E-state index >= 15 is 0 Å². The summed E-state index contributed by atoms with van der Waals surface area (Å²) in [7, 11) is 2.07. The van der Waals surface area contributed by atoms with Gasteiger partial charge in [0.2, 0.25) is 0 Å². The van der Waals surface area contributed by atoms with Gasteiger partial charge in [0.25, 0.3) is 0 Å². The van der Waals surface area contributed by atoms with Gasteiger partial charge in [0.05, 0.1) is 0 Å². The largest absolute Gasteiger partial charge is 0.316 e. The minimum Gasteiger partial charge on any atom is -0.316 e. The van der Waals surface area contributed by atoms with E-state index in [2.05, 4.69) is 53.6 Å². The first-order valence-corrected chi connectivity index (χ1v) is 7.29. The first kappa shape index (κ1) is 13.2. The molecule has 0 radical (unpaired) electrons. The fourth-order valence-electron chi connectivity index (χ4n) is 2.03. The number of hydrogen-bond acceptors (Lipinski definition) is 2. The van der Waals surface area contributed by atoms with Crippen molar-refractivity contribution in [3.8, 4) is 0 Å². The van der Waals surface area contributed by atoms with Crippen LogP contribution < -0.4 is 5.32 Å². The average Bonchev–Trinajstić information content (AvgIpc) is 2.64. The topological polar surface area (TPSA) is 12.0 Å². The van der Waals surface area contributed by atoms with Gasteiger partial charge in [-0.3, -0.25) is 0 Å². The molecule has 3 heteroatoms. The van der Waals surface area contributed by atoms with Crippen LogP contribution in [0.2, 0.25) is 0 Å². The van der Waals surface area contributed by atoms with E-state index in [4.69, 9.17) is 0 Å². The van der Waals surface area contributed by atoms with Crippen molar-refractivity contribution in [2.45, 2.75) is 39.2 Å². The summed E-state index contributed by atoms with van der Waals surface area (Å²) in [5.41, 5.74) is 0. The lowest BCUT2D eigenvalue weighted by atomic mass is 9.91. The van der Waals surface area contributed by atoms with E-state index in [0.29, 0.717) is 6.04 Å². The Morgan fingerprint density at radius 2 is 2.07 bits per heavy atom. The zero-order chi connectivity index (χ0) is 11.3. The lowest BCUT2D eigenvalue weighted by Gasteiger charge is -2.24. The van der Waals surface area contributed by atoms with Gasteiger partial charge in [-0.15, -0.1) is 11.3 Å². The summed E-state index contributed by atoms with van der Waals surface area (Å²) in [5, 5.41) is 5.61. The van der Waals surface area contributed by atoms with E-state index in [-0.39, 0.29) is 0 Å². The SMILES string of the molecule is CCC(CC)C(Cc1sccc1Br)NC. The number of thiophene rings is 1. The molecule has 0 aliphatic heterocycles. The van der Waals surface area contributed by atoms with Crippen molar-refractivity contribution in [1.29, 1.82) is 0 Å². The molecule has 1 heterocycles. The number of rotatable bonds is 6. The third-order valence-corrected chi connectivity index (χ3v) is 5.03. The van der Waals surface area contributed by atoms with E-state index in [1.165, 1.54) is 22.2 Å². The Morgan fingerprint density at radius 1 is 1.40 bits per heavy atom. The highest BCUT2D eigenvalue weighted by Crippen LogP contribution is 2.26. The maximum absolute atomic E-state index is 3.60. The van der Waals surface area contributed by atoms with Crippen molar-refractivity contribution in [1.82, 2.24) is 5.32 Å². The summed E-state index contributed by atoms with van der Waals surface area (Å²) >= 11 is 5.44. The molecular formula is C12H20BrNS. The first-order chi connectivity index (χ1) is 7.22. The van der Waals surface area contributed by atoms with Crippen LogP contribution in [0.15, 0.2) is 15.9 Å². The molecule has 86 valence electrons. The van der Waals surface area contributed by atoms with E-state index in [1.54, 1.807) is 0 Å². The molecule has 0 aliphatic carbocycles. The number of hydrogen-bond donors (Lipinski definition) is 1. The molecule has 0 saturated heterocycles. The van der Waals surface area contributed by atoms with Gasteiger partial charge in [0, 0.05) is 15.4 Å². The molecule has 1 nitrogen and oxygen atoms in total. The second-order valence-electron chi connectivity index (χ2n) is 3.87. The second-order valence-corrected chi connectivity index (χ2v) is 5.72. The quantitative estimate of drug-likeness (QED) is 0.832. The highest BCUT2D eigenvalue weighted by molar-refractivity contribution is 9.10. The number of likely N-dealkylation sites (N-methyl/N-ethyl adjacent to an activating group) is 1. The van der Waals surface area contributed by atoms with Crippen LogP contribution in [-0.4, -0.2) is 13.1 Å². The summed E-state index contributed by atoms with van der Waals surface area (Å²) in [5.74, 6) is 0.781. The Kier molecular flexibility index (Phi) is 5.87. The molecule has 0 aliphatic rings. The highest BCUT2D eigenvalue weighted by atomic mass is 79.9. The maximum atomic E-state index is 3.60. The average molecular weight is 290 g/mol. The minimum atomic E-state index is 0.606. The molecule has 0 amide bonds. The van der Waals surface area contributed by atoms with Gasteiger partial charge in [-0.05, 0) is 46.8 Å². The molecule has 0 aromatic carbocycles. The smallest absolute Gasteiger partial charge is 0.0314 e. The standard InChI is InChI=1S/C12H20BrNS/c1-4-9(5-2)11(14-3)8-12-10(13)6-7-15-12/h6-7,9,11,14H,4-5,8H2,1-3H3. The molecule has 15 heavy (non-hydrogen) atoms. The molecule has 1 unspecified atom stereocenters. The molecule has 1 aromatic rings. The van der Waals surface area contributed by atoms with Crippen molar-refractivity contribution >= 4 is 27.3 Å². The lowest BCUT2D eigenvalue weighted by Crippen LogP contribution is -2.34. The Morgan fingerprint density at radius 3 is 2.47 bits per heavy atom. The van der Waals surface area contributed by atoms with Crippen LogP contribution in [0, 0.1) is 5.92 Å². The minimum absolute atomic E-state index is 0.606. The van der Waals surface area contributed by atoms with Gasteiger partial charge in [0.1, 0.15) is 0 Å². The molecule has 0 bridgehead atoms. The predicted octanol–water partition coefficient (Wildman–Crippen LogP) is 4.08. The van der Waals surface area contributed by atoms with Crippen LogP contribution in [0.1, 0.15) is 31.6 Å². The molecular weight excluding hydrogens is 270 g/mol. The molecule has 0 spiro atoms. The predicted molar refractivity (Wildman–Crippen MR) is 72.6 cm³/mol. The van der Waals surface area contributed by atoms with E-state index < -0.39 is 0 Å². The zero-order valence-electron chi connectivity index (χ0n) is 9.72. The van der Waals surface area contributed by atoms with E-state index in [1.807, 2.05) is 11.3 Å². The normalized spacial score (nSPS) is 13.4. The second kappa shape index (κ2) is 6.66. The van der Waals surface area contributed by atoms with Gasteiger partial charge in [-0.25, -0.2) is 0 Å². The summed E-state index contributed by atoms with van der Waals surface area (Å²) in [4.78, 5) is 1.46. The Balaban J connectivity index is 2.64. The van der Waals surface area contributed by atoms with Crippen LogP contribution in [-0.2, 0) is 6.42 Å². The van der Waals surface area contributed by atoms with Crippen molar-refractivity contribution in [3.05, 3.63) is 20.8 Å². The van der Waals surface area contributed by atoms with Gasteiger partial charge in [0.15, 0.2) is 0 Å². The third kappa shape index (κ3) is 3.58. The van der Waals surface area contributed by atoms with Crippen molar-refractivity contribution in [2.75, 3.05) is 7.05 Å². The third-order valence-electron chi connectivity index (χ3n) is 3.08. The fraction of sp³-hybridized carbons (Fsp3) is 0.667. The highest BCUT2D eigenvalue weighted by Gasteiger charge is 2.18. The zero-order valence-corrected chi connectivity index (χ0v) is 12.1.